The molecule has 2 N–H and O–H groups in total. The summed E-state index contributed by atoms with van der Waals surface area (Å²) in [6.45, 7) is 1.96. The molecule has 0 aliphatic rings. The number of methoxy groups -OCH3 is 1. The second-order valence-electron chi connectivity index (χ2n) is 6.23. The molecular formula is C21H18ClN5O. The van der Waals surface area contributed by atoms with Gasteiger partial charge in [0.1, 0.15) is 11.6 Å². The number of imidazole rings is 1. The van der Waals surface area contributed by atoms with Crippen molar-refractivity contribution in [3.63, 3.8) is 0 Å². The topological polar surface area (TPSA) is 75.7 Å². The first-order valence-electron chi connectivity index (χ1n) is 8.68. The Morgan fingerprint density at radius 1 is 1.04 bits per heavy atom. The Hall–Kier alpha value is -3.38. The van der Waals surface area contributed by atoms with Crippen molar-refractivity contribution in [2.75, 3.05) is 12.4 Å². The van der Waals surface area contributed by atoms with Crippen molar-refractivity contribution < 1.29 is 4.74 Å². The van der Waals surface area contributed by atoms with E-state index in [-0.39, 0.29) is 0 Å². The van der Waals surface area contributed by atoms with Gasteiger partial charge in [0.05, 0.1) is 18.4 Å². The number of ether oxygens (including phenoxy) is 1. The number of aromatic nitrogens is 4. The lowest BCUT2D eigenvalue weighted by atomic mass is 10.1. The number of rotatable bonds is 5. The smallest absolute Gasteiger partial charge is 0.227 e. The fourth-order valence-corrected chi connectivity index (χ4v) is 2.97. The maximum absolute atomic E-state index is 5.96. The van der Waals surface area contributed by atoms with Gasteiger partial charge >= 0.3 is 0 Å². The van der Waals surface area contributed by atoms with Crippen molar-refractivity contribution in [1.82, 2.24) is 19.9 Å². The van der Waals surface area contributed by atoms with Crippen LogP contribution in [0.3, 0.4) is 0 Å². The first-order chi connectivity index (χ1) is 13.6. The van der Waals surface area contributed by atoms with Gasteiger partial charge in [-0.1, -0.05) is 23.7 Å². The van der Waals surface area contributed by atoms with E-state index in [0.29, 0.717) is 16.7 Å². The lowest BCUT2D eigenvalue weighted by molar-refractivity contribution is 0.416. The minimum atomic E-state index is 0.496. The summed E-state index contributed by atoms with van der Waals surface area (Å²) < 4.78 is 5.54. The van der Waals surface area contributed by atoms with Gasteiger partial charge in [-0.3, -0.25) is 0 Å². The molecule has 0 fully saturated rings. The maximum atomic E-state index is 5.96. The monoisotopic (exact) mass is 391 g/mol. The molecule has 7 heteroatoms. The Morgan fingerprint density at radius 2 is 1.86 bits per heavy atom. The standard InChI is InChI=1S/C21H18ClN5O/c1-13-12-24-20(25-13)17-8-7-16(11-19(17)28-2)26-21-23-10-9-18(27-21)14-3-5-15(22)6-4-14/h3-12H,1-2H3,(H,24,25)(H,23,26,27). The molecule has 0 saturated heterocycles. The van der Waals surface area contributed by atoms with Crippen LogP contribution >= 0.6 is 11.6 Å². The summed E-state index contributed by atoms with van der Waals surface area (Å²) in [5, 5.41) is 3.92. The van der Waals surface area contributed by atoms with Crippen LogP contribution in [-0.2, 0) is 0 Å². The van der Waals surface area contributed by atoms with Gasteiger partial charge in [-0.15, -0.1) is 0 Å². The molecule has 0 bridgehead atoms. The fraction of sp³-hybridized carbons (Fsp3) is 0.0952. The highest BCUT2D eigenvalue weighted by atomic mass is 35.5. The number of anilines is 2. The molecule has 0 aliphatic heterocycles. The summed E-state index contributed by atoms with van der Waals surface area (Å²) in [5.74, 6) is 1.96. The van der Waals surface area contributed by atoms with Gasteiger partial charge in [0.15, 0.2) is 0 Å². The van der Waals surface area contributed by atoms with Gasteiger partial charge in [-0.2, -0.15) is 0 Å². The lowest BCUT2D eigenvalue weighted by Crippen LogP contribution is -1.99. The predicted octanol–water partition coefficient (Wildman–Crippen LogP) is 5.25. The summed E-state index contributed by atoms with van der Waals surface area (Å²) in [5.41, 5.74) is 4.47. The van der Waals surface area contributed by atoms with Crippen molar-refractivity contribution >= 4 is 23.2 Å². The Morgan fingerprint density at radius 3 is 2.57 bits per heavy atom. The molecule has 0 amide bonds. The van der Waals surface area contributed by atoms with Crippen molar-refractivity contribution in [2.24, 2.45) is 0 Å². The summed E-state index contributed by atoms with van der Waals surface area (Å²) >= 11 is 5.96. The van der Waals surface area contributed by atoms with Gasteiger partial charge in [0.25, 0.3) is 0 Å². The number of nitrogens with one attached hydrogen (secondary N) is 2. The van der Waals surface area contributed by atoms with Gasteiger partial charge < -0.3 is 15.0 Å². The van der Waals surface area contributed by atoms with Crippen molar-refractivity contribution in [3.8, 4) is 28.4 Å². The largest absolute Gasteiger partial charge is 0.496 e. The summed E-state index contributed by atoms with van der Waals surface area (Å²) in [7, 11) is 1.63. The van der Waals surface area contributed by atoms with Crippen LogP contribution in [0, 0.1) is 6.92 Å². The summed E-state index contributed by atoms with van der Waals surface area (Å²) in [4.78, 5) is 16.5. The number of hydrogen-bond donors (Lipinski definition) is 2. The Bertz CT molecular complexity index is 1110. The molecule has 4 rings (SSSR count). The Kier molecular flexibility index (Phi) is 4.95. The molecule has 6 nitrogen and oxygen atoms in total. The van der Waals surface area contributed by atoms with E-state index in [9.17, 15) is 0 Å². The maximum Gasteiger partial charge on any atom is 0.227 e. The number of hydrogen-bond acceptors (Lipinski definition) is 5. The van der Waals surface area contributed by atoms with Gasteiger partial charge in [-0.05, 0) is 37.3 Å². The van der Waals surface area contributed by atoms with Gasteiger partial charge in [0.2, 0.25) is 5.95 Å². The van der Waals surface area contributed by atoms with E-state index in [2.05, 4.69) is 25.3 Å². The quantitative estimate of drug-likeness (QED) is 0.486. The van der Waals surface area contributed by atoms with Crippen molar-refractivity contribution in [3.05, 3.63) is 71.6 Å². The molecule has 2 aromatic carbocycles. The van der Waals surface area contributed by atoms with E-state index in [1.807, 2.05) is 55.5 Å². The number of nitrogens with zero attached hydrogens (tertiary/aromatic N) is 3. The second kappa shape index (κ2) is 7.70. The number of benzene rings is 2. The average Bonchev–Trinajstić information content (AvgIpc) is 3.15. The molecule has 0 atom stereocenters. The summed E-state index contributed by atoms with van der Waals surface area (Å²) in [6, 6.07) is 15.2. The van der Waals surface area contributed by atoms with Crippen LogP contribution in [0.15, 0.2) is 60.9 Å². The molecule has 28 heavy (non-hydrogen) atoms. The van der Waals surface area contributed by atoms with Crippen LogP contribution < -0.4 is 10.1 Å². The zero-order valence-electron chi connectivity index (χ0n) is 15.4. The molecule has 2 aromatic heterocycles. The van der Waals surface area contributed by atoms with E-state index < -0.39 is 0 Å². The number of halogens is 1. The van der Waals surface area contributed by atoms with Gasteiger partial charge in [-0.25, -0.2) is 15.0 Å². The molecule has 0 radical (unpaired) electrons. The molecular weight excluding hydrogens is 374 g/mol. The number of aromatic amines is 1. The lowest BCUT2D eigenvalue weighted by Gasteiger charge is -2.11. The highest BCUT2D eigenvalue weighted by Crippen LogP contribution is 2.31. The number of H-pyrrole nitrogens is 1. The van der Waals surface area contributed by atoms with E-state index in [0.717, 1.165) is 34.0 Å². The second-order valence-corrected chi connectivity index (χ2v) is 6.66. The van der Waals surface area contributed by atoms with Crippen LogP contribution in [0.2, 0.25) is 5.02 Å². The minimum Gasteiger partial charge on any atom is -0.496 e. The highest BCUT2D eigenvalue weighted by Gasteiger charge is 2.11. The normalized spacial score (nSPS) is 10.7. The summed E-state index contributed by atoms with van der Waals surface area (Å²) in [6.07, 6.45) is 3.51. The third-order valence-corrected chi connectivity index (χ3v) is 4.46. The van der Waals surface area contributed by atoms with E-state index >= 15 is 0 Å². The molecule has 140 valence electrons. The molecule has 0 aliphatic carbocycles. The van der Waals surface area contributed by atoms with Crippen LogP contribution in [0.25, 0.3) is 22.6 Å². The van der Waals surface area contributed by atoms with Crippen LogP contribution in [0.5, 0.6) is 5.75 Å². The first-order valence-corrected chi connectivity index (χ1v) is 9.06. The zero-order valence-corrected chi connectivity index (χ0v) is 16.2. The number of aryl methyl sites for hydroxylation is 1. The Labute approximate surface area is 167 Å². The van der Waals surface area contributed by atoms with Crippen LogP contribution in [0.1, 0.15) is 5.69 Å². The third-order valence-electron chi connectivity index (χ3n) is 4.21. The predicted molar refractivity (Wildman–Crippen MR) is 111 cm³/mol. The average molecular weight is 392 g/mol. The minimum absolute atomic E-state index is 0.496. The van der Waals surface area contributed by atoms with Crippen molar-refractivity contribution in [2.45, 2.75) is 6.92 Å². The van der Waals surface area contributed by atoms with E-state index in [1.165, 1.54) is 0 Å². The van der Waals surface area contributed by atoms with Crippen LogP contribution in [-0.4, -0.2) is 27.0 Å². The molecule has 4 aromatic rings. The van der Waals surface area contributed by atoms with E-state index in [1.54, 1.807) is 19.5 Å². The first kappa shape index (κ1) is 18.0. The molecule has 2 heterocycles. The van der Waals surface area contributed by atoms with Gasteiger partial charge in [0, 0.05) is 40.4 Å². The Balaban J connectivity index is 1.61. The third kappa shape index (κ3) is 3.82. The molecule has 0 spiro atoms. The van der Waals surface area contributed by atoms with E-state index in [4.69, 9.17) is 16.3 Å². The SMILES string of the molecule is COc1cc(Nc2nccc(-c3ccc(Cl)cc3)n2)ccc1-c1ncc(C)[nH]1. The van der Waals surface area contributed by atoms with Crippen LogP contribution in [0.4, 0.5) is 11.6 Å². The fourth-order valence-electron chi connectivity index (χ4n) is 2.84. The highest BCUT2D eigenvalue weighted by molar-refractivity contribution is 6.30. The molecule has 0 saturated carbocycles. The van der Waals surface area contributed by atoms with Crippen molar-refractivity contribution in [1.29, 1.82) is 0 Å². The molecule has 0 unspecified atom stereocenters. The zero-order chi connectivity index (χ0) is 19.5.